The maximum Gasteiger partial charge on any atom is 0.0343 e. The van der Waals surface area contributed by atoms with E-state index in [1.54, 1.807) is 0 Å². The van der Waals surface area contributed by atoms with Crippen molar-refractivity contribution in [2.45, 2.75) is 19.6 Å². The minimum atomic E-state index is 1.01. The summed E-state index contributed by atoms with van der Waals surface area (Å²) in [5.74, 6) is 2.23. The zero-order chi connectivity index (χ0) is 13.5. The van der Waals surface area contributed by atoms with Crippen LogP contribution in [0.3, 0.4) is 0 Å². The van der Waals surface area contributed by atoms with Crippen LogP contribution in [0.15, 0.2) is 48.5 Å². The molecule has 1 nitrogen and oxygen atoms in total. The average molecular weight is 271 g/mol. The lowest BCUT2D eigenvalue weighted by Gasteiger charge is -2.08. The summed E-state index contributed by atoms with van der Waals surface area (Å²) in [5.41, 5.74) is 5.36. The lowest BCUT2D eigenvalue weighted by Crippen LogP contribution is -2.04. The molecule has 0 saturated carbocycles. The van der Waals surface area contributed by atoms with E-state index in [0.29, 0.717) is 0 Å². The van der Waals surface area contributed by atoms with Crippen LogP contribution in [0.1, 0.15) is 16.7 Å². The molecule has 0 radical (unpaired) electrons. The molecular weight excluding hydrogens is 250 g/mol. The molecule has 2 rings (SSSR count). The van der Waals surface area contributed by atoms with E-state index in [2.05, 4.69) is 67.7 Å². The molecule has 0 spiro atoms. The van der Waals surface area contributed by atoms with E-state index in [1.165, 1.54) is 22.4 Å². The second-order valence-corrected chi connectivity index (χ2v) is 5.88. The summed E-state index contributed by atoms with van der Waals surface area (Å²) < 4.78 is 0. The van der Waals surface area contributed by atoms with Crippen molar-refractivity contribution in [1.82, 2.24) is 0 Å². The zero-order valence-corrected chi connectivity index (χ0v) is 12.5. The Morgan fingerprint density at radius 3 is 2.63 bits per heavy atom. The Labute approximate surface area is 120 Å². The van der Waals surface area contributed by atoms with Crippen LogP contribution in [0.2, 0.25) is 0 Å². The third-order valence-electron chi connectivity index (χ3n) is 3.11. The van der Waals surface area contributed by atoms with Gasteiger partial charge in [-0.3, -0.25) is 0 Å². The van der Waals surface area contributed by atoms with E-state index in [9.17, 15) is 0 Å². The van der Waals surface area contributed by atoms with Crippen LogP contribution in [0.5, 0.6) is 0 Å². The van der Waals surface area contributed by atoms with Gasteiger partial charge >= 0.3 is 0 Å². The second kappa shape index (κ2) is 7.25. The fourth-order valence-corrected chi connectivity index (χ4v) is 2.91. The van der Waals surface area contributed by atoms with Crippen LogP contribution in [-0.4, -0.2) is 12.3 Å². The van der Waals surface area contributed by atoms with Gasteiger partial charge in [0.05, 0.1) is 0 Å². The van der Waals surface area contributed by atoms with E-state index in [4.69, 9.17) is 0 Å². The summed E-state index contributed by atoms with van der Waals surface area (Å²) in [7, 11) is 0. The maximum absolute atomic E-state index is 3.47. The third kappa shape index (κ3) is 4.64. The molecule has 0 fully saturated rings. The fraction of sp³-hybridized carbons (Fsp3) is 0.294. The Bertz CT molecular complexity index is 522. The number of thioether (sulfide) groups is 1. The van der Waals surface area contributed by atoms with Crippen LogP contribution >= 0.6 is 11.8 Å². The Kier molecular flexibility index (Phi) is 5.34. The highest BCUT2D eigenvalue weighted by molar-refractivity contribution is 7.98. The molecule has 0 aliphatic rings. The number of hydrogen-bond acceptors (Lipinski definition) is 2. The summed E-state index contributed by atoms with van der Waals surface area (Å²) in [5, 5.41) is 3.47. The lowest BCUT2D eigenvalue weighted by atomic mass is 10.1. The number of nitrogens with one attached hydrogen (secondary N) is 1. The topological polar surface area (TPSA) is 12.0 Å². The highest BCUT2D eigenvalue weighted by Gasteiger charge is 1.97. The van der Waals surface area contributed by atoms with Gasteiger partial charge in [-0.15, -0.1) is 0 Å². The number of anilines is 1. The minimum absolute atomic E-state index is 1.01. The quantitative estimate of drug-likeness (QED) is 0.768. The molecule has 1 N–H and O–H groups in total. The highest BCUT2D eigenvalue weighted by Crippen LogP contribution is 2.16. The normalized spacial score (nSPS) is 10.4. The Balaban J connectivity index is 1.69. The first-order valence-electron chi connectivity index (χ1n) is 6.68. The molecule has 100 valence electrons. The van der Waals surface area contributed by atoms with E-state index in [1.807, 2.05) is 11.8 Å². The van der Waals surface area contributed by atoms with Crippen molar-refractivity contribution < 1.29 is 0 Å². The number of aryl methyl sites for hydroxylation is 2. The molecule has 2 heteroatoms. The molecule has 2 aromatic carbocycles. The summed E-state index contributed by atoms with van der Waals surface area (Å²) >= 11 is 1.98. The standard InChI is InChI=1S/C17H21NS/c1-14-6-5-9-17(12-14)18-10-11-19-13-16-8-4-3-7-15(16)2/h3-9,12,18H,10-11,13H2,1-2H3. The van der Waals surface area contributed by atoms with Gasteiger partial charge in [-0.05, 0) is 42.7 Å². The molecule has 0 aliphatic heterocycles. The monoisotopic (exact) mass is 271 g/mol. The van der Waals surface area contributed by atoms with Gasteiger partial charge in [0.15, 0.2) is 0 Å². The smallest absolute Gasteiger partial charge is 0.0343 e. The molecule has 0 aromatic heterocycles. The second-order valence-electron chi connectivity index (χ2n) is 4.78. The Morgan fingerprint density at radius 1 is 1.00 bits per heavy atom. The molecule has 0 heterocycles. The SMILES string of the molecule is Cc1cccc(NCCSCc2ccccc2C)c1. The van der Waals surface area contributed by atoms with Gasteiger partial charge in [0.1, 0.15) is 0 Å². The van der Waals surface area contributed by atoms with Gasteiger partial charge in [0, 0.05) is 23.7 Å². The van der Waals surface area contributed by atoms with Gasteiger partial charge in [-0.2, -0.15) is 11.8 Å². The van der Waals surface area contributed by atoms with Crippen molar-refractivity contribution >= 4 is 17.4 Å². The van der Waals surface area contributed by atoms with Crippen molar-refractivity contribution in [3.63, 3.8) is 0 Å². The van der Waals surface area contributed by atoms with Crippen LogP contribution in [-0.2, 0) is 5.75 Å². The maximum atomic E-state index is 3.47. The number of benzene rings is 2. The van der Waals surface area contributed by atoms with Crippen LogP contribution in [0.25, 0.3) is 0 Å². The first-order valence-corrected chi connectivity index (χ1v) is 7.84. The molecule has 0 aliphatic carbocycles. The number of rotatable bonds is 6. The predicted molar refractivity (Wildman–Crippen MR) is 87.0 cm³/mol. The fourth-order valence-electron chi connectivity index (χ4n) is 1.98. The summed E-state index contributed by atoms with van der Waals surface area (Å²) in [6.45, 7) is 5.32. The van der Waals surface area contributed by atoms with Crippen molar-refractivity contribution in [1.29, 1.82) is 0 Å². The van der Waals surface area contributed by atoms with E-state index >= 15 is 0 Å². The van der Waals surface area contributed by atoms with Gasteiger partial charge in [0.2, 0.25) is 0 Å². The zero-order valence-electron chi connectivity index (χ0n) is 11.6. The van der Waals surface area contributed by atoms with E-state index in [-0.39, 0.29) is 0 Å². The Morgan fingerprint density at radius 2 is 1.84 bits per heavy atom. The van der Waals surface area contributed by atoms with Crippen LogP contribution in [0, 0.1) is 13.8 Å². The highest BCUT2D eigenvalue weighted by atomic mass is 32.2. The van der Waals surface area contributed by atoms with Gasteiger partial charge < -0.3 is 5.32 Å². The van der Waals surface area contributed by atoms with Crippen LogP contribution < -0.4 is 5.32 Å². The van der Waals surface area contributed by atoms with Crippen LogP contribution in [0.4, 0.5) is 5.69 Å². The third-order valence-corrected chi connectivity index (χ3v) is 4.12. The lowest BCUT2D eigenvalue weighted by molar-refractivity contribution is 1.21. The first-order chi connectivity index (χ1) is 9.25. The van der Waals surface area contributed by atoms with Crippen molar-refractivity contribution in [3.05, 3.63) is 65.2 Å². The Hall–Kier alpha value is -1.41. The van der Waals surface area contributed by atoms with E-state index in [0.717, 1.165) is 18.1 Å². The van der Waals surface area contributed by atoms with Crippen molar-refractivity contribution in [2.24, 2.45) is 0 Å². The van der Waals surface area contributed by atoms with Crippen molar-refractivity contribution in [3.8, 4) is 0 Å². The molecule has 0 amide bonds. The molecule has 0 unspecified atom stereocenters. The first kappa shape index (κ1) is 14.0. The largest absolute Gasteiger partial charge is 0.384 e. The minimum Gasteiger partial charge on any atom is -0.384 e. The molecule has 19 heavy (non-hydrogen) atoms. The van der Waals surface area contributed by atoms with Gasteiger partial charge in [-0.25, -0.2) is 0 Å². The molecular formula is C17H21NS. The molecule has 0 saturated heterocycles. The van der Waals surface area contributed by atoms with Gasteiger partial charge in [-0.1, -0.05) is 36.4 Å². The average Bonchev–Trinajstić information content (AvgIpc) is 2.40. The molecule has 2 aromatic rings. The van der Waals surface area contributed by atoms with Crippen molar-refractivity contribution in [2.75, 3.05) is 17.6 Å². The van der Waals surface area contributed by atoms with Gasteiger partial charge in [0.25, 0.3) is 0 Å². The molecule has 0 atom stereocenters. The summed E-state index contributed by atoms with van der Waals surface area (Å²) in [6, 6.07) is 17.1. The molecule has 0 bridgehead atoms. The summed E-state index contributed by atoms with van der Waals surface area (Å²) in [6.07, 6.45) is 0. The summed E-state index contributed by atoms with van der Waals surface area (Å²) in [4.78, 5) is 0. The number of hydrogen-bond donors (Lipinski definition) is 1. The van der Waals surface area contributed by atoms with E-state index < -0.39 is 0 Å². The predicted octanol–water partition coefficient (Wildman–Crippen LogP) is 4.65.